The second-order valence-corrected chi connectivity index (χ2v) is 11.1. The van der Waals surface area contributed by atoms with Crippen LogP contribution in [-0.4, -0.2) is 52.5 Å². The van der Waals surface area contributed by atoms with Crippen LogP contribution in [0.1, 0.15) is 72.1 Å². The molecule has 6 nitrogen and oxygen atoms in total. The van der Waals surface area contributed by atoms with Crippen LogP contribution in [0.3, 0.4) is 0 Å². The van der Waals surface area contributed by atoms with E-state index in [4.69, 9.17) is 9.47 Å². The van der Waals surface area contributed by atoms with Gasteiger partial charge in [-0.05, 0) is 67.8 Å². The van der Waals surface area contributed by atoms with Crippen LogP contribution in [-0.2, 0) is 19.1 Å². The summed E-state index contributed by atoms with van der Waals surface area (Å²) in [5.41, 5.74) is -0.738. The number of Topliss-reactive ketones (excluding diaryl/α,β-unsaturated/α-hetero) is 1. The number of hydrogen-bond acceptors (Lipinski definition) is 6. The normalized spacial score (nSPS) is 50.9. The van der Waals surface area contributed by atoms with Crippen molar-refractivity contribution in [2.24, 2.45) is 28.6 Å². The Labute approximate surface area is 184 Å². The third-order valence-electron chi connectivity index (χ3n) is 9.77. The first-order valence-electron chi connectivity index (χ1n) is 12.1. The summed E-state index contributed by atoms with van der Waals surface area (Å²) >= 11 is 0. The van der Waals surface area contributed by atoms with Gasteiger partial charge in [0.25, 0.3) is 0 Å². The number of ketones is 2. The number of allylic oxidation sites excluding steroid dienone is 1. The number of aliphatic hydroxyl groups excluding tert-OH is 2. The largest absolute Gasteiger partial charge is 0.393 e. The zero-order valence-corrected chi connectivity index (χ0v) is 18.9. The molecule has 1 aliphatic heterocycles. The maximum Gasteiger partial charge on any atom is 0.193 e. The van der Waals surface area contributed by atoms with Gasteiger partial charge < -0.3 is 19.7 Å². The highest BCUT2D eigenvalue weighted by molar-refractivity contribution is 5.92. The highest BCUT2D eigenvalue weighted by Gasteiger charge is 2.75. The van der Waals surface area contributed by atoms with Gasteiger partial charge in [0, 0.05) is 11.8 Å². The quantitative estimate of drug-likeness (QED) is 0.710. The molecule has 1 saturated heterocycles. The number of fused-ring (bicyclic) bond motifs is 7. The Morgan fingerprint density at radius 3 is 2.77 bits per heavy atom. The molecule has 9 atom stereocenters. The van der Waals surface area contributed by atoms with Crippen molar-refractivity contribution in [2.75, 3.05) is 6.61 Å². The fourth-order valence-corrected chi connectivity index (χ4v) is 8.48. The van der Waals surface area contributed by atoms with Crippen LogP contribution in [0.5, 0.6) is 0 Å². The number of hydrogen-bond donors (Lipinski definition) is 2. The zero-order valence-electron chi connectivity index (χ0n) is 18.9. The van der Waals surface area contributed by atoms with E-state index in [2.05, 4.69) is 20.8 Å². The summed E-state index contributed by atoms with van der Waals surface area (Å²) in [6.45, 7) is 5.80. The summed E-state index contributed by atoms with van der Waals surface area (Å²) in [6, 6.07) is 0. The van der Waals surface area contributed by atoms with Crippen molar-refractivity contribution in [3.05, 3.63) is 11.6 Å². The SMILES string of the molecule is CCCC1OC2CC3C4CCC5=CC(=O)CC[C@]5(C)C4C(O)C[C@]3(C)[C@]2(C(=O)CO)O1. The van der Waals surface area contributed by atoms with Crippen molar-refractivity contribution in [1.82, 2.24) is 0 Å². The van der Waals surface area contributed by atoms with E-state index in [1.54, 1.807) is 0 Å². The lowest BCUT2D eigenvalue weighted by atomic mass is 9.45. The molecule has 0 bridgehead atoms. The van der Waals surface area contributed by atoms with Crippen LogP contribution >= 0.6 is 0 Å². The maximum atomic E-state index is 13.2. The monoisotopic (exact) mass is 432 g/mol. The van der Waals surface area contributed by atoms with Crippen LogP contribution in [0, 0.1) is 28.6 Å². The molecule has 0 amide bonds. The van der Waals surface area contributed by atoms with Crippen molar-refractivity contribution in [3.63, 3.8) is 0 Å². The minimum absolute atomic E-state index is 0.0743. The molecule has 5 aliphatic rings. The van der Waals surface area contributed by atoms with Gasteiger partial charge in [-0.25, -0.2) is 0 Å². The summed E-state index contributed by atoms with van der Waals surface area (Å²) in [5.74, 6) is 0.394. The molecule has 0 aromatic carbocycles. The second-order valence-electron chi connectivity index (χ2n) is 11.1. The van der Waals surface area contributed by atoms with Gasteiger partial charge in [-0.1, -0.05) is 32.8 Å². The van der Waals surface area contributed by atoms with Crippen LogP contribution in [0.25, 0.3) is 0 Å². The van der Waals surface area contributed by atoms with Crippen LogP contribution in [0.4, 0.5) is 0 Å². The van der Waals surface area contributed by atoms with Gasteiger partial charge in [-0.2, -0.15) is 0 Å². The third-order valence-corrected chi connectivity index (χ3v) is 9.77. The molecule has 0 aromatic rings. The van der Waals surface area contributed by atoms with E-state index in [0.717, 1.165) is 32.1 Å². The fourth-order valence-electron chi connectivity index (χ4n) is 8.48. The van der Waals surface area contributed by atoms with Gasteiger partial charge in [0.15, 0.2) is 23.5 Å². The van der Waals surface area contributed by atoms with Crippen LogP contribution in [0.15, 0.2) is 11.6 Å². The van der Waals surface area contributed by atoms with Crippen LogP contribution in [0.2, 0.25) is 0 Å². The minimum Gasteiger partial charge on any atom is -0.393 e. The highest BCUT2D eigenvalue weighted by atomic mass is 16.7. The van der Waals surface area contributed by atoms with E-state index in [0.29, 0.717) is 19.3 Å². The smallest absolute Gasteiger partial charge is 0.193 e. The predicted molar refractivity (Wildman–Crippen MR) is 113 cm³/mol. The Kier molecular flexibility index (Phi) is 5.06. The molecule has 0 aromatic heterocycles. The van der Waals surface area contributed by atoms with Crippen molar-refractivity contribution in [2.45, 2.75) is 96.2 Å². The number of carbonyl (C=O) groups is 2. The zero-order chi connectivity index (χ0) is 22.2. The van der Waals surface area contributed by atoms with E-state index in [-0.39, 0.29) is 40.8 Å². The number of ether oxygens (including phenoxy) is 2. The van der Waals surface area contributed by atoms with E-state index in [1.807, 2.05) is 6.08 Å². The van der Waals surface area contributed by atoms with Crippen molar-refractivity contribution < 1.29 is 29.3 Å². The molecular formula is C25H36O6. The summed E-state index contributed by atoms with van der Waals surface area (Å²) in [7, 11) is 0. The van der Waals surface area contributed by atoms with Gasteiger partial charge in [0.2, 0.25) is 0 Å². The van der Waals surface area contributed by atoms with Crippen molar-refractivity contribution >= 4 is 11.6 Å². The first kappa shape index (κ1) is 21.7. The first-order chi connectivity index (χ1) is 14.7. The molecular weight excluding hydrogens is 396 g/mol. The van der Waals surface area contributed by atoms with Gasteiger partial charge in [0.1, 0.15) is 6.61 Å². The lowest BCUT2D eigenvalue weighted by Crippen LogP contribution is -2.63. The Morgan fingerprint density at radius 2 is 2.06 bits per heavy atom. The molecule has 6 unspecified atom stereocenters. The van der Waals surface area contributed by atoms with Crippen LogP contribution < -0.4 is 0 Å². The molecule has 6 heteroatoms. The first-order valence-corrected chi connectivity index (χ1v) is 12.1. The lowest BCUT2D eigenvalue weighted by molar-refractivity contribution is -0.203. The summed E-state index contributed by atoms with van der Waals surface area (Å²) < 4.78 is 12.7. The topological polar surface area (TPSA) is 93.1 Å². The van der Waals surface area contributed by atoms with Gasteiger partial charge >= 0.3 is 0 Å². The summed E-state index contributed by atoms with van der Waals surface area (Å²) in [6.07, 6.45) is 6.35. The van der Waals surface area contributed by atoms with Gasteiger partial charge in [-0.3, -0.25) is 9.59 Å². The summed E-state index contributed by atoms with van der Waals surface area (Å²) in [5, 5.41) is 21.5. The van der Waals surface area contributed by atoms with Crippen molar-refractivity contribution in [1.29, 1.82) is 0 Å². The second kappa shape index (κ2) is 7.21. The van der Waals surface area contributed by atoms with Crippen molar-refractivity contribution in [3.8, 4) is 0 Å². The number of aliphatic hydroxyl groups is 2. The number of rotatable bonds is 4. The molecule has 5 rings (SSSR count). The van der Waals surface area contributed by atoms with E-state index < -0.39 is 30.0 Å². The Morgan fingerprint density at radius 1 is 1.29 bits per heavy atom. The Balaban J connectivity index is 1.55. The maximum absolute atomic E-state index is 13.2. The average molecular weight is 433 g/mol. The van der Waals surface area contributed by atoms with E-state index in [9.17, 15) is 19.8 Å². The molecule has 4 fully saturated rings. The van der Waals surface area contributed by atoms with Gasteiger partial charge in [0.05, 0.1) is 12.2 Å². The van der Waals surface area contributed by atoms with E-state index in [1.165, 1.54) is 5.57 Å². The molecule has 2 N–H and O–H groups in total. The average Bonchev–Trinajstić information content (AvgIpc) is 3.20. The standard InChI is InChI=1S/C25H36O6/c1-4-5-21-30-20-11-17-16-7-6-14-10-15(27)8-9-23(14,2)22(16)18(28)12-24(17,3)25(20,31-21)19(29)13-26/h10,16-18,20-22,26,28H,4-9,11-13H2,1-3H3/t16?,17?,18?,20?,21?,22?,23-,24-,25+/m0/s1. The Bertz CT molecular complexity index is 821. The molecule has 0 spiro atoms. The van der Waals surface area contributed by atoms with E-state index >= 15 is 0 Å². The molecule has 3 saturated carbocycles. The Hall–Kier alpha value is -1.08. The molecule has 31 heavy (non-hydrogen) atoms. The third kappa shape index (κ3) is 2.71. The predicted octanol–water partition coefficient (Wildman–Crippen LogP) is 2.94. The lowest BCUT2D eigenvalue weighted by Gasteiger charge is -2.60. The molecule has 0 radical (unpaired) electrons. The molecule has 4 aliphatic carbocycles. The summed E-state index contributed by atoms with van der Waals surface area (Å²) in [4.78, 5) is 25.3. The van der Waals surface area contributed by atoms with Gasteiger partial charge in [-0.15, -0.1) is 0 Å². The minimum atomic E-state index is -1.18. The fraction of sp³-hybridized carbons (Fsp3) is 0.840. The molecule has 1 heterocycles. The highest BCUT2D eigenvalue weighted by Crippen LogP contribution is 2.70. The number of carbonyl (C=O) groups excluding carboxylic acids is 2. The molecule has 172 valence electrons.